The van der Waals surface area contributed by atoms with Gasteiger partial charge in [-0.3, -0.25) is 9.59 Å². The molecule has 1 aliphatic rings. The monoisotopic (exact) mass is 299 g/mol. The molecule has 2 amide bonds. The number of nitrogens with one attached hydrogen (secondary N) is 2. The van der Waals surface area contributed by atoms with Gasteiger partial charge >= 0.3 is 0 Å². The van der Waals surface area contributed by atoms with Crippen molar-refractivity contribution in [1.29, 1.82) is 0 Å². The first-order chi connectivity index (χ1) is 10.5. The van der Waals surface area contributed by atoms with E-state index < -0.39 is 11.7 Å². The number of halogens is 1. The lowest BCUT2D eigenvalue weighted by Crippen LogP contribution is -2.31. The average Bonchev–Trinajstić information content (AvgIpc) is 2.48. The minimum Gasteiger partial charge on any atom is -0.326 e. The predicted octanol–water partition coefficient (Wildman–Crippen LogP) is 2.59. The van der Waals surface area contributed by atoms with Crippen LogP contribution in [0.25, 0.3) is 0 Å². The van der Waals surface area contributed by atoms with E-state index in [-0.39, 0.29) is 18.2 Å². The van der Waals surface area contributed by atoms with Gasteiger partial charge in [-0.15, -0.1) is 0 Å². The second-order valence-electron chi connectivity index (χ2n) is 5.25. The Morgan fingerprint density at radius 3 is 2.91 bits per heavy atom. The van der Waals surface area contributed by atoms with Crippen LogP contribution < -0.4 is 10.6 Å². The van der Waals surface area contributed by atoms with Gasteiger partial charge in [-0.2, -0.15) is 0 Å². The molecule has 1 aromatic carbocycles. The molecule has 3 rings (SSSR count). The quantitative estimate of drug-likeness (QED) is 0.895. The van der Waals surface area contributed by atoms with Crippen LogP contribution in [0.1, 0.15) is 23.5 Å². The summed E-state index contributed by atoms with van der Waals surface area (Å²) in [6.45, 7) is 1.90. The number of rotatable bonds is 2. The summed E-state index contributed by atoms with van der Waals surface area (Å²) in [5.74, 6) is -1.34. The number of carbonyl (C=O) groups is 2. The molecule has 0 saturated carbocycles. The predicted molar refractivity (Wildman–Crippen MR) is 80.0 cm³/mol. The first kappa shape index (κ1) is 14.2. The number of anilines is 2. The molecule has 112 valence electrons. The van der Waals surface area contributed by atoms with Crippen LogP contribution in [0.5, 0.6) is 0 Å². The molecule has 0 bridgehead atoms. The van der Waals surface area contributed by atoms with Gasteiger partial charge in [0.1, 0.15) is 11.6 Å². The SMILES string of the molecule is Cc1ccc(NC(=O)[C@H]2CC(=O)Nc3cc(F)ccc32)nc1. The molecule has 0 spiro atoms. The van der Waals surface area contributed by atoms with E-state index in [4.69, 9.17) is 0 Å². The normalized spacial score (nSPS) is 16.6. The molecule has 1 aliphatic heterocycles. The Hall–Kier alpha value is -2.76. The minimum absolute atomic E-state index is 0.0241. The molecular weight excluding hydrogens is 285 g/mol. The van der Waals surface area contributed by atoms with Gasteiger partial charge in [0.15, 0.2) is 0 Å². The number of nitrogens with zero attached hydrogens (tertiary/aromatic N) is 1. The van der Waals surface area contributed by atoms with E-state index in [2.05, 4.69) is 15.6 Å². The van der Waals surface area contributed by atoms with Crippen molar-refractivity contribution >= 4 is 23.3 Å². The second kappa shape index (κ2) is 5.55. The first-order valence-electron chi connectivity index (χ1n) is 6.86. The van der Waals surface area contributed by atoms with Gasteiger partial charge in [0.05, 0.1) is 5.92 Å². The van der Waals surface area contributed by atoms with Gasteiger partial charge in [0.2, 0.25) is 11.8 Å². The lowest BCUT2D eigenvalue weighted by Gasteiger charge is -2.24. The van der Waals surface area contributed by atoms with Gasteiger partial charge in [0.25, 0.3) is 0 Å². The summed E-state index contributed by atoms with van der Waals surface area (Å²) in [5, 5.41) is 5.27. The van der Waals surface area contributed by atoms with Crippen molar-refractivity contribution in [2.24, 2.45) is 0 Å². The minimum atomic E-state index is -0.660. The van der Waals surface area contributed by atoms with Crippen molar-refractivity contribution < 1.29 is 14.0 Å². The van der Waals surface area contributed by atoms with Gasteiger partial charge in [0, 0.05) is 18.3 Å². The summed E-state index contributed by atoms with van der Waals surface area (Å²) in [4.78, 5) is 28.3. The van der Waals surface area contributed by atoms with Crippen molar-refractivity contribution in [3.63, 3.8) is 0 Å². The smallest absolute Gasteiger partial charge is 0.233 e. The van der Waals surface area contributed by atoms with Gasteiger partial charge in [-0.05, 0) is 36.2 Å². The van der Waals surface area contributed by atoms with Crippen LogP contribution >= 0.6 is 0 Å². The van der Waals surface area contributed by atoms with Crippen LogP contribution in [0.15, 0.2) is 36.5 Å². The molecule has 2 N–H and O–H groups in total. The Balaban J connectivity index is 1.86. The van der Waals surface area contributed by atoms with Crippen molar-refractivity contribution in [3.05, 3.63) is 53.5 Å². The van der Waals surface area contributed by atoms with Crippen molar-refractivity contribution in [2.75, 3.05) is 10.6 Å². The van der Waals surface area contributed by atoms with E-state index in [1.165, 1.54) is 18.2 Å². The zero-order valence-electron chi connectivity index (χ0n) is 11.9. The highest BCUT2D eigenvalue weighted by atomic mass is 19.1. The number of benzene rings is 1. The third-order valence-corrected chi connectivity index (χ3v) is 3.53. The Morgan fingerprint density at radius 2 is 2.18 bits per heavy atom. The lowest BCUT2D eigenvalue weighted by atomic mass is 9.89. The summed E-state index contributed by atoms with van der Waals surface area (Å²) in [7, 11) is 0. The fourth-order valence-electron chi connectivity index (χ4n) is 2.43. The Morgan fingerprint density at radius 1 is 1.36 bits per heavy atom. The van der Waals surface area contributed by atoms with E-state index in [1.54, 1.807) is 12.3 Å². The highest BCUT2D eigenvalue weighted by Gasteiger charge is 2.31. The molecule has 22 heavy (non-hydrogen) atoms. The topological polar surface area (TPSA) is 71.1 Å². The average molecular weight is 299 g/mol. The molecule has 0 aliphatic carbocycles. The van der Waals surface area contributed by atoms with Gasteiger partial charge in [-0.1, -0.05) is 12.1 Å². The van der Waals surface area contributed by atoms with Crippen LogP contribution in [0, 0.1) is 12.7 Å². The van der Waals surface area contributed by atoms with Crippen LogP contribution in [0.2, 0.25) is 0 Å². The second-order valence-corrected chi connectivity index (χ2v) is 5.25. The number of carbonyl (C=O) groups excluding carboxylic acids is 2. The largest absolute Gasteiger partial charge is 0.326 e. The molecule has 1 aromatic heterocycles. The maximum atomic E-state index is 13.3. The van der Waals surface area contributed by atoms with Gasteiger partial charge in [-0.25, -0.2) is 9.37 Å². The third-order valence-electron chi connectivity index (χ3n) is 3.53. The number of hydrogen-bond acceptors (Lipinski definition) is 3. The van der Waals surface area contributed by atoms with Crippen LogP contribution in [-0.4, -0.2) is 16.8 Å². The number of hydrogen-bond donors (Lipinski definition) is 2. The van der Waals surface area contributed by atoms with E-state index in [1.807, 2.05) is 13.0 Å². The number of amides is 2. The van der Waals surface area contributed by atoms with E-state index >= 15 is 0 Å². The molecule has 2 heterocycles. The Bertz CT molecular complexity index is 744. The van der Waals surface area contributed by atoms with Crippen LogP contribution in [-0.2, 0) is 9.59 Å². The molecule has 0 radical (unpaired) electrons. The maximum Gasteiger partial charge on any atom is 0.233 e. The fourth-order valence-corrected chi connectivity index (χ4v) is 2.43. The number of aryl methyl sites for hydroxylation is 1. The van der Waals surface area contributed by atoms with Crippen LogP contribution in [0.4, 0.5) is 15.9 Å². The molecule has 0 fully saturated rings. The molecule has 2 aromatic rings. The Kier molecular flexibility index (Phi) is 3.58. The van der Waals surface area contributed by atoms with Gasteiger partial charge < -0.3 is 10.6 Å². The summed E-state index contributed by atoms with van der Waals surface area (Å²) in [6, 6.07) is 7.55. The van der Waals surface area contributed by atoms with E-state index in [0.29, 0.717) is 17.1 Å². The summed E-state index contributed by atoms with van der Waals surface area (Å²) < 4.78 is 13.3. The molecular formula is C16H14FN3O2. The first-order valence-corrected chi connectivity index (χ1v) is 6.86. The molecule has 0 saturated heterocycles. The molecule has 6 heteroatoms. The summed E-state index contributed by atoms with van der Waals surface area (Å²) in [6.07, 6.45) is 1.67. The van der Waals surface area contributed by atoms with Crippen LogP contribution in [0.3, 0.4) is 0 Å². The summed E-state index contributed by atoms with van der Waals surface area (Å²) in [5.41, 5.74) is 1.93. The maximum absolute atomic E-state index is 13.3. The van der Waals surface area contributed by atoms with Crippen molar-refractivity contribution in [1.82, 2.24) is 4.98 Å². The molecule has 0 unspecified atom stereocenters. The highest BCUT2D eigenvalue weighted by Crippen LogP contribution is 2.33. The number of aromatic nitrogens is 1. The summed E-state index contributed by atoms with van der Waals surface area (Å²) >= 11 is 0. The lowest BCUT2D eigenvalue weighted by molar-refractivity contribution is -0.123. The Labute approximate surface area is 126 Å². The number of pyridine rings is 1. The number of fused-ring (bicyclic) bond motifs is 1. The van der Waals surface area contributed by atoms with E-state index in [9.17, 15) is 14.0 Å². The molecule has 1 atom stereocenters. The zero-order chi connectivity index (χ0) is 15.7. The highest BCUT2D eigenvalue weighted by molar-refractivity contribution is 6.04. The van der Waals surface area contributed by atoms with Crippen molar-refractivity contribution in [3.8, 4) is 0 Å². The standard InChI is InChI=1S/C16H14FN3O2/c1-9-2-5-14(18-8-9)20-16(22)12-7-15(21)19-13-6-10(17)3-4-11(12)13/h2-6,8,12H,7H2,1H3,(H,19,21)(H,18,20,22)/t12-/m0/s1. The fraction of sp³-hybridized carbons (Fsp3) is 0.188. The third kappa shape index (κ3) is 2.81. The zero-order valence-corrected chi connectivity index (χ0v) is 11.9. The van der Waals surface area contributed by atoms with E-state index in [0.717, 1.165) is 5.56 Å². The molecule has 5 nitrogen and oxygen atoms in total. The van der Waals surface area contributed by atoms with Crippen molar-refractivity contribution in [2.45, 2.75) is 19.3 Å².